The third kappa shape index (κ3) is 4.97. The van der Waals surface area contributed by atoms with Crippen molar-refractivity contribution in [3.8, 4) is 5.75 Å². The number of aliphatic carboxylic acids is 1. The number of rotatable bonds is 5. The molecule has 0 bridgehead atoms. The van der Waals surface area contributed by atoms with Crippen LogP contribution >= 0.6 is 0 Å². The van der Waals surface area contributed by atoms with E-state index in [-0.39, 0.29) is 5.92 Å². The van der Waals surface area contributed by atoms with Crippen molar-refractivity contribution in [1.29, 1.82) is 0 Å². The van der Waals surface area contributed by atoms with Crippen molar-refractivity contribution in [2.75, 3.05) is 13.1 Å². The van der Waals surface area contributed by atoms with Crippen molar-refractivity contribution in [2.24, 2.45) is 17.3 Å². The number of hydrogen-bond acceptors (Lipinski definition) is 3. The molecule has 2 fully saturated rings. The maximum Gasteiger partial charge on any atom is 0.307 e. The minimum Gasteiger partial charge on any atom is -0.490 e. The summed E-state index contributed by atoms with van der Waals surface area (Å²) in [6, 6.07) is 13.0. The van der Waals surface area contributed by atoms with E-state index in [9.17, 15) is 9.90 Å². The molecule has 4 nitrogen and oxygen atoms in total. The fourth-order valence-electron chi connectivity index (χ4n) is 5.12. The first-order valence-corrected chi connectivity index (χ1v) is 11.4. The summed E-state index contributed by atoms with van der Waals surface area (Å²) >= 11 is 0. The van der Waals surface area contributed by atoms with Crippen LogP contribution in [0.4, 0.5) is 0 Å². The van der Waals surface area contributed by atoms with Gasteiger partial charge in [0, 0.05) is 13.1 Å². The molecule has 2 aromatic carbocycles. The molecule has 2 aliphatic rings. The van der Waals surface area contributed by atoms with E-state index in [2.05, 4.69) is 62.1 Å². The summed E-state index contributed by atoms with van der Waals surface area (Å²) in [6.45, 7) is 9.38. The molecule has 1 atom stereocenters. The first-order chi connectivity index (χ1) is 14.3. The fraction of sp³-hybridized carbons (Fsp3) is 0.577. The average Bonchev–Trinajstić information content (AvgIpc) is 3.17. The highest BCUT2D eigenvalue weighted by molar-refractivity contribution is 5.84. The molecular formula is C26H35NO3. The monoisotopic (exact) mass is 409 g/mol. The molecule has 4 heteroatoms. The van der Waals surface area contributed by atoms with Crippen molar-refractivity contribution in [1.82, 2.24) is 4.90 Å². The third-order valence-electron chi connectivity index (χ3n) is 7.11. The highest BCUT2D eigenvalue weighted by atomic mass is 16.5. The smallest absolute Gasteiger partial charge is 0.307 e. The van der Waals surface area contributed by atoms with Crippen LogP contribution in [0.3, 0.4) is 0 Å². The molecule has 1 aliphatic carbocycles. The maximum absolute atomic E-state index is 11.2. The number of nitrogens with zero attached hydrogens (tertiary/aromatic N) is 1. The zero-order valence-electron chi connectivity index (χ0n) is 18.6. The van der Waals surface area contributed by atoms with Gasteiger partial charge in [-0.2, -0.15) is 0 Å². The number of carboxylic acids is 1. The lowest BCUT2D eigenvalue weighted by Gasteiger charge is -2.37. The third-order valence-corrected chi connectivity index (χ3v) is 7.11. The Bertz CT molecular complexity index is 893. The average molecular weight is 410 g/mol. The van der Waals surface area contributed by atoms with E-state index in [1.54, 1.807) is 0 Å². The normalized spacial score (nSPS) is 25.5. The molecule has 1 aliphatic heterocycles. The van der Waals surface area contributed by atoms with Gasteiger partial charge in [-0.1, -0.05) is 39.0 Å². The van der Waals surface area contributed by atoms with Crippen LogP contribution < -0.4 is 4.74 Å². The molecule has 0 aromatic heterocycles. The van der Waals surface area contributed by atoms with Crippen molar-refractivity contribution < 1.29 is 14.6 Å². The Balaban J connectivity index is 1.36. The summed E-state index contributed by atoms with van der Waals surface area (Å²) in [4.78, 5) is 13.4. The van der Waals surface area contributed by atoms with Gasteiger partial charge >= 0.3 is 5.97 Å². The molecule has 1 heterocycles. The van der Waals surface area contributed by atoms with E-state index >= 15 is 0 Å². The van der Waals surface area contributed by atoms with Crippen molar-refractivity contribution in [3.63, 3.8) is 0 Å². The van der Waals surface area contributed by atoms with E-state index in [4.69, 9.17) is 4.74 Å². The van der Waals surface area contributed by atoms with Crippen LogP contribution in [0.2, 0.25) is 0 Å². The Morgan fingerprint density at radius 2 is 1.73 bits per heavy atom. The quantitative estimate of drug-likeness (QED) is 0.685. The predicted molar refractivity (Wildman–Crippen MR) is 121 cm³/mol. The van der Waals surface area contributed by atoms with E-state index in [0.717, 1.165) is 44.0 Å². The summed E-state index contributed by atoms with van der Waals surface area (Å²) in [5.41, 5.74) is 1.64. The molecule has 4 rings (SSSR count). The second kappa shape index (κ2) is 8.58. The lowest BCUT2D eigenvalue weighted by atomic mass is 9.72. The molecule has 0 amide bonds. The topological polar surface area (TPSA) is 49.8 Å². The lowest BCUT2D eigenvalue weighted by Crippen LogP contribution is -2.30. The number of benzene rings is 2. The van der Waals surface area contributed by atoms with Gasteiger partial charge in [0.2, 0.25) is 0 Å². The molecule has 162 valence electrons. The van der Waals surface area contributed by atoms with Gasteiger partial charge in [-0.05, 0) is 84.5 Å². The minimum atomic E-state index is -0.671. The van der Waals surface area contributed by atoms with Gasteiger partial charge in [-0.15, -0.1) is 0 Å². The Hall–Kier alpha value is -2.07. The van der Waals surface area contributed by atoms with Gasteiger partial charge in [-0.25, -0.2) is 0 Å². The van der Waals surface area contributed by atoms with E-state index < -0.39 is 5.97 Å². The summed E-state index contributed by atoms with van der Waals surface area (Å²) in [6.07, 6.45) is 5.88. The minimum absolute atomic E-state index is 0.219. The van der Waals surface area contributed by atoms with Crippen LogP contribution in [0.25, 0.3) is 10.8 Å². The number of hydrogen-bond donors (Lipinski definition) is 1. The van der Waals surface area contributed by atoms with Gasteiger partial charge in [0.25, 0.3) is 0 Å². The second-order valence-corrected chi connectivity index (χ2v) is 10.4. The molecule has 1 N–H and O–H groups in total. The molecule has 0 spiro atoms. The predicted octanol–water partition coefficient (Wildman–Crippen LogP) is 5.73. The van der Waals surface area contributed by atoms with E-state index in [1.807, 2.05) is 0 Å². The van der Waals surface area contributed by atoms with Crippen LogP contribution in [-0.4, -0.2) is 35.2 Å². The van der Waals surface area contributed by atoms with Gasteiger partial charge in [0.1, 0.15) is 5.75 Å². The maximum atomic E-state index is 11.2. The van der Waals surface area contributed by atoms with Crippen LogP contribution in [0.5, 0.6) is 5.75 Å². The number of carbonyl (C=O) groups is 1. The summed E-state index contributed by atoms with van der Waals surface area (Å²) in [5, 5.41) is 11.6. The van der Waals surface area contributed by atoms with Crippen LogP contribution in [-0.2, 0) is 11.3 Å². The molecule has 30 heavy (non-hydrogen) atoms. The molecule has 1 saturated carbocycles. The van der Waals surface area contributed by atoms with Crippen LogP contribution in [0.1, 0.15) is 58.4 Å². The molecule has 0 radical (unpaired) electrons. The van der Waals surface area contributed by atoms with Gasteiger partial charge in [-0.3, -0.25) is 9.69 Å². The summed E-state index contributed by atoms with van der Waals surface area (Å²) in [7, 11) is 0. The molecule has 0 unspecified atom stereocenters. The van der Waals surface area contributed by atoms with Crippen LogP contribution in [0, 0.1) is 17.3 Å². The lowest BCUT2D eigenvalue weighted by molar-refractivity contribution is -0.141. The van der Waals surface area contributed by atoms with Gasteiger partial charge in [0.05, 0.1) is 12.0 Å². The Kier molecular flexibility index (Phi) is 6.06. The van der Waals surface area contributed by atoms with Gasteiger partial charge in [0.15, 0.2) is 0 Å². The van der Waals surface area contributed by atoms with Crippen LogP contribution in [0.15, 0.2) is 36.4 Å². The second-order valence-electron chi connectivity index (χ2n) is 10.4. The highest BCUT2D eigenvalue weighted by Gasteiger charge is 2.30. The fourth-order valence-corrected chi connectivity index (χ4v) is 5.12. The Morgan fingerprint density at radius 3 is 2.40 bits per heavy atom. The Labute approximate surface area is 180 Å². The SMILES string of the molecule is CC(C)(C)[C@H]1CC[C@H](Oc2ccc3cc(CN4CC[C@@H](C(=O)O)C4)ccc3c2)CC1. The highest BCUT2D eigenvalue weighted by Crippen LogP contribution is 2.39. The Morgan fingerprint density at radius 1 is 1.03 bits per heavy atom. The summed E-state index contributed by atoms with van der Waals surface area (Å²) < 4.78 is 6.33. The first-order valence-electron chi connectivity index (χ1n) is 11.4. The largest absolute Gasteiger partial charge is 0.490 e. The van der Waals surface area contributed by atoms with E-state index in [1.165, 1.54) is 29.2 Å². The molecular weight excluding hydrogens is 374 g/mol. The number of fused-ring (bicyclic) bond motifs is 1. The standard InChI is InChI=1S/C26H35NO3/c1-26(2,3)22-7-10-23(11-8-22)30-24-9-6-19-14-18(4-5-20(19)15-24)16-27-13-12-21(17-27)25(28)29/h4-6,9,14-15,21-23H,7-8,10-13,16-17H2,1-3H3,(H,28,29)/t21-,22-,23-/m1/s1. The number of ether oxygens (including phenoxy) is 1. The zero-order valence-corrected chi connectivity index (χ0v) is 18.6. The van der Waals surface area contributed by atoms with Gasteiger partial charge < -0.3 is 9.84 Å². The summed E-state index contributed by atoms with van der Waals surface area (Å²) in [5.74, 6) is 0.881. The van der Waals surface area contributed by atoms with Crippen molar-refractivity contribution >= 4 is 16.7 Å². The van der Waals surface area contributed by atoms with E-state index in [0.29, 0.717) is 18.1 Å². The van der Waals surface area contributed by atoms with Crippen molar-refractivity contribution in [3.05, 3.63) is 42.0 Å². The number of likely N-dealkylation sites (tertiary alicyclic amines) is 1. The molecule has 2 aromatic rings. The zero-order chi connectivity index (χ0) is 21.3. The number of carboxylic acid groups (broad SMARTS) is 1. The molecule has 1 saturated heterocycles. The van der Waals surface area contributed by atoms with Crippen molar-refractivity contribution in [2.45, 2.75) is 65.5 Å². The first kappa shape index (κ1) is 21.2.